The fourth-order valence-electron chi connectivity index (χ4n) is 3.75. The highest BCUT2D eigenvalue weighted by Crippen LogP contribution is 2.29. The van der Waals surface area contributed by atoms with E-state index < -0.39 is 10.0 Å². The van der Waals surface area contributed by atoms with Gasteiger partial charge in [-0.05, 0) is 65.2 Å². The van der Waals surface area contributed by atoms with Crippen LogP contribution in [0.1, 0.15) is 48.9 Å². The number of carbonyl (C=O) groups is 1. The molecule has 0 unspecified atom stereocenters. The quantitative estimate of drug-likeness (QED) is 0.569. The van der Waals surface area contributed by atoms with Gasteiger partial charge in [0.15, 0.2) is 0 Å². The normalized spacial score (nSPS) is 15.3. The van der Waals surface area contributed by atoms with Gasteiger partial charge >= 0.3 is 0 Å². The fourth-order valence-corrected chi connectivity index (χ4v) is 5.39. The zero-order valence-corrected chi connectivity index (χ0v) is 19.6. The van der Waals surface area contributed by atoms with Crippen LogP contribution in [0, 0.1) is 0 Å². The molecule has 0 aromatic heterocycles. The van der Waals surface area contributed by atoms with Gasteiger partial charge in [-0.15, -0.1) is 0 Å². The highest BCUT2D eigenvalue weighted by Gasteiger charge is 2.24. The summed E-state index contributed by atoms with van der Waals surface area (Å²) >= 11 is 3.35. The molecular formula is C22H27BrN2O4S. The first kappa shape index (κ1) is 22.6. The molecule has 0 spiro atoms. The van der Waals surface area contributed by atoms with Crippen LogP contribution in [-0.2, 0) is 10.0 Å². The minimum Gasteiger partial charge on any atom is -0.496 e. The molecule has 6 nitrogen and oxygen atoms in total. The number of ether oxygens (including phenoxy) is 1. The Kier molecular flexibility index (Phi) is 7.41. The summed E-state index contributed by atoms with van der Waals surface area (Å²) in [4.78, 5) is 14.8. The van der Waals surface area contributed by atoms with E-state index in [2.05, 4.69) is 20.7 Å². The SMILES string of the molecule is COc1ccc(NS(=O)(=O)c2cccc(C(=O)N(C)C3CCCCCC3)c2)cc1Br. The van der Waals surface area contributed by atoms with E-state index in [0.717, 1.165) is 25.7 Å². The molecule has 1 aliphatic carbocycles. The van der Waals surface area contributed by atoms with Gasteiger partial charge in [0, 0.05) is 18.7 Å². The Hall–Kier alpha value is -2.06. The number of methoxy groups -OCH3 is 1. The van der Waals surface area contributed by atoms with Gasteiger partial charge in [-0.2, -0.15) is 0 Å². The summed E-state index contributed by atoms with van der Waals surface area (Å²) in [5.41, 5.74) is 0.774. The lowest BCUT2D eigenvalue weighted by Gasteiger charge is -2.27. The highest BCUT2D eigenvalue weighted by atomic mass is 79.9. The number of rotatable bonds is 6. The Morgan fingerprint density at radius 1 is 1.10 bits per heavy atom. The van der Waals surface area contributed by atoms with E-state index in [1.165, 1.54) is 25.0 Å². The van der Waals surface area contributed by atoms with Crippen LogP contribution in [-0.4, -0.2) is 39.4 Å². The van der Waals surface area contributed by atoms with Gasteiger partial charge in [0.2, 0.25) is 0 Å². The number of anilines is 1. The van der Waals surface area contributed by atoms with Crippen LogP contribution in [0.2, 0.25) is 0 Å². The topological polar surface area (TPSA) is 75.7 Å². The number of benzene rings is 2. The van der Waals surface area contributed by atoms with E-state index >= 15 is 0 Å². The lowest BCUT2D eigenvalue weighted by atomic mass is 10.1. The van der Waals surface area contributed by atoms with Gasteiger partial charge in [0.05, 0.1) is 22.2 Å². The maximum atomic E-state index is 13.0. The third-order valence-electron chi connectivity index (χ3n) is 5.49. The van der Waals surface area contributed by atoms with Crippen molar-refractivity contribution in [1.82, 2.24) is 4.90 Å². The molecule has 1 N–H and O–H groups in total. The van der Waals surface area contributed by atoms with E-state index in [9.17, 15) is 13.2 Å². The first-order chi connectivity index (χ1) is 14.3. The molecule has 0 heterocycles. The second-order valence-electron chi connectivity index (χ2n) is 7.54. The smallest absolute Gasteiger partial charge is 0.261 e. The average Bonchev–Trinajstić information content (AvgIpc) is 3.02. The van der Waals surface area contributed by atoms with Crippen molar-refractivity contribution in [2.45, 2.75) is 49.5 Å². The van der Waals surface area contributed by atoms with Crippen molar-refractivity contribution in [3.63, 3.8) is 0 Å². The Morgan fingerprint density at radius 2 is 1.80 bits per heavy atom. The zero-order valence-electron chi connectivity index (χ0n) is 17.2. The van der Waals surface area contributed by atoms with Gasteiger partial charge in [-0.3, -0.25) is 9.52 Å². The van der Waals surface area contributed by atoms with E-state index in [1.54, 1.807) is 42.3 Å². The number of nitrogens with one attached hydrogen (secondary N) is 1. The van der Waals surface area contributed by atoms with E-state index in [-0.39, 0.29) is 16.8 Å². The van der Waals surface area contributed by atoms with Crippen LogP contribution in [0.3, 0.4) is 0 Å². The molecule has 1 fully saturated rings. The van der Waals surface area contributed by atoms with E-state index in [1.807, 2.05) is 7.05 Å². The fraction of sp³-hybridized carbons (Fsp3) is 0.409. The summed E-state index contributed by atoms with van der Waals surface area (Å²) in [5.74, 6) is 0.457. The first-order valence-corrected chi connectivity index (χ1v) is 12.3. The second kappa shape index (κ2) is 9.83. The van der Waals surface area contributed by atoms with Gasteiger partial charge in [0.25, 0.3) is 15.9 Å². The predicted molar refractivity (Wildman–Crippen MR) is 122 cm³/mol. The molecule has 0 saturated heterocycles. The molecule has 0 bridgehead atoms. The summed E-state index contributed by atoms with van der Waals surface area (Å²) in [6.45, 7) is 0. The van der Waals surface area contributed by atoms with E-state index in [0.29, 0.717) is 21.5 Å². The van der Waals surface area contributed by atoms with Crippen LogP contribution < -0.4 is 9.46 Å². The summed E-state index contributed by atoms with van der Waals surface area (Å²) < 4.78 is 34.1. The summed E-state index contributed by atoms with van der Waals surface area (Å²) in [6.07, 6.45) is 6.65. The molecule has 30 heavy (non-hydrogen) atoms. The predicted octanol–water partition coefficient (Wildman–Crippen LogP) is 5.05. The second-order valence-corrected chi connectivity index (χ2v) is 10.1. The lowest BCUT2D eigenvalue weighted by Crippen LogP contribution is -2.36. The molecule has 162 valence electrons. The number of nitrogens with zero attached hydrogens (tertiary/aromatic N) is 1. The van der Waals surface area contributed by atoms with Crippen molar-refractivity contribution in [3.05, 3.63) is 52.5 Å². The summed E-state index contributed by atoms with van der Waals surface area (Å²) in [6, 6.07) is 11.3. The number of amides is 1. The maximum absolute atomic E-state index is 13.0. The lowest BCUT2D eigenvalue weighted by molar-refractivity contribution is 0.0717. The number of carbonyl (C=O) groups excluding carboxylic acids is 1. The van der Waals surface area contributed by atoms with Crippen LogP contribution in [0.15, 0.2) is 51.8 Å². The molecule has 1 saturated carbocycles. The summed E-state index contributed by atoms with van der Waals surface area (Å²) in [5, 5.41) is 0. The average molecular weight is 495 g/mol. The molecule has 2 aromatic rings. The molecular weight excluding hydrogens is 468 g/mol. The van der Waals surface area contributed by atoms with Crippen LogP contribution in [0.25, 0.3) is 0 Å². The molecule has 1 amide bonds. The highest BCUT2D eigenvalue weighted by molar-refractivity contribution is 9.10. The molecule has 0 aliphatic heterocycles. The minimum absolute atomic E-state index is 0.0505. The van der Waals surface area contributed by atoms with Crippen molar-refractivity contribution in [1.29, 1.82) is 0 Å². The van der Waals surface area contributed by atoms with Gasteiger partial charge in [-0.25, -0.2) is 8.42 Å². The standard InChI is InChI=1S/C22H27BrN2O4S/c1-25(18-9-5-3-4-6-10-18)22(26)16-8-7-11-19(14-16)30(27,28)24-17-12-13-21(29-2)20(23)15-17/h7-8,11-15,18,24H,3-6,9-10H2,1-2H3. The zero-order chi connectivity index (χ0) is 21.7. The van der Waals surface area contributed by atoms with Crippen LogP contribution >= 0.6 is 15.9 Å². The van der Waals surface area contributed by atoms with Crippen LogP contribution in [0.4, 0.5) is 5.69 Å². The molecule has 8 heteroatoms. The minimum atomic E-state index is -3.84. The van der Waals surface area contributed by atoms with Crippen molar-refractivity contribution < 1.29 is 17.9 Å². The number of sulfonamides is 1. The summed E-state index contributed by atoms with van der Waals surface area (Å²) in [7, 11) is -0.492. The molecule has 0 radical (unpaired) electrons. The third-order valence-corrected chi connectivity index (χ3v) is 7.49. The van der Waals surface area contributed by atoms with E-state index in [4.69, 9.17) is 4.74 Å². The maximum Gasteiger partial charge on any atom is 0.261 e. The molecule has 3 rings (SSSR count). The van der Waals surface area contributed by atoms with Crippen molar-refractivity contribution in [2.75, 3.05) is 18.9 Å². The van der Waals surface area contributed by atoms with Crippen molar-refractivity contribution in [3.8, 4) is 5.75 Å². The molecule has 0 atom stereocenters. The van der Waals surface area contributed by atoms with Crippen molar-refractivity contribution in [2.24, 2.45) is 0 Å². The van der Waals surface area contributed by atoms with Gasteiger partial charge < -0.3 is 9.64 Å². The third kappa shape index (κ3) is 5.35. The molecule has 1 aliphatic rings. The number of hydrogen-bond acceptors (Lipinski definition) is 4. The van der Waals surface area contributed by atoms with Crippen LogP contribution in [0.5, 0.6) is 5.75 Å². The molecule has 2 aromatic carbocycles. The number of halogens is 1. The Morgan fingerprint density at radius 3 is 2.43 bits per heavy atom. The van der Waals surface area contributed by atoms with Crippen molar-refractivity contribution >= 4 is 37.5 Å². The first-order valence-electron chi connectivity index (χ1n) is 10.1. The number of hydrogen-bond donors (Lipinski definition) is 1. The Bertz CT molecular complexity index is 1000. The van der Waals surface area contributed by atoms with Gasteiger partial charge in [-0.1, -0.05) is 31.7 Å². The Balaban J connectivity index is 1.79. The monoisotopic (exact) mass is 494 g/mol. The Labute approximate surface area is 186 Å². The van der Waals surface area contributed by atoms with Gasteiger partial charge in [0.1, 0.15) is 5.75 Å². The largest absolute Gasteiger partial charge is 0.496 e.